The van der Waals surface area contributed by atoms with Gasteiger partial charge in [0.05, 0.1) is 23.9 Å². The molecule has 0 aliphatic carbocycles. The van der Waals surface area contributed by atoms with Gasteiger partial charge in [-0.1, -0.05) is 36.4 Å². The first kappa shape index (κ1) is 31.3. The smallest absolute Gasteiger partial charge is 0.248 e. The first-order chi connectivity index (χ1) is 22.2. The summed E-state index contributed by atoms with van der Waals surface area (Å²) in [5.74, 6) is -0.378. The number of benzene rings is 2. The summed E-state index contributed by atoms with van der Waals surface area (Å²) in [4.78, 5) is 21.9. The van der Waals surface area contributed by atoms with Crippen molar-refractivity contribution in [3.63, 3.8) is 0 Å². The maximum atomic E-state index is 13.9. The molecule has 0 fully saturated rings. The molecule has 0 radical (unpaired) electrons. The maximum absolute atomic E-state index is 13.9. The summed E-state index contributed by atoms with van der Waals surface area (Å²) >= 11 is 0. The number of ether oxygens (including phenoxy) is 1. The van der Waals surface area contributed by atoms with Gasteiger partial charge in [-0.05, 0) is 85.3 Å². The Morgan fingerprint density at radius 2 is 1.91 bits per heavy atom. The highest BCUT2D eigenvalue weighted by Gasteiger charge is 2.35. The van der Waals surface area contributed by atoms with Gasteiger partial charge in [0.1, 0.15) is 16.5 Å². The van der Waals surface area contributed by atoms with Crippen molar-refractivity contribution in [3.8, 4) is 5.88 Å². The van der Waals surface area contributed by atoms with Gasteiger partial charge < -0.3 is 10.1 Å². The average molecular weight is 640 g/mol. The third kappa shape index (κ3) is 6.10. The fourth-order valence-corrected chi connectivity index (χ4v) is 7.51. The minimum atomic E-state index is -3.89. The molecule has 0 saturated heterocycles. The monoisotopic (exact) mass is 639 g/mol. The van der Waals surface area contributed by atoms with E-state index in [0.717, 1.165) is 38.9 Å². The number of aromatic nitrogens is 5. The second-order valence-electron chi connectivity index (χ2n) is 11.5. The summed E-state index contributed by atoms with van der Waals surface area (Å²) in [6.07, 6.45) is 5.24. The van der Waals surface area contributed by atoms with Gasteiger partial charge >= 0.3 is 0 Å². The number of pyridine rings is 2. The molecule has 0 unspecified atom stereocenters. The Kier molecular flexibility index (Phi) is 8.83. The third-order valence-corrected chi connectivity index (χ3v) is 10.4. The van der Waals surface area contributed by atoms with Crippen LogP contribution in [0, 0.1) is 13.8 Å². The highest BCUT2D eigenvalue weighted by Crippen LogP contribution is 2.36. The second kappa shape index (κ2) is 13.0. The summed E-state index contributed by atoms with van der Waals surface area (Å²) in [6.45, 7) is 8.99. The lowest BCUT2D eigenvalue weighted by Crippen LogP contribution is -2.36. The number of sulfonamides is 1. The van der Waals surface area contributed by atoms with E-state index in [0.29, 0.717) is 18.7 Å². The number of carbonyl (C=O) groups excluding carboxylic acids is 1. The zero-order chi connectivity index (χ0) is 32.4. The number of fused-ring (bicyclic) bond motifs is 2. The van der Waals surface area contributed by atoms with Crippen LogP contribution in [0.4, 0.5) is 5.69 Å². The van der Waals surface area contributed by atoms with Crippen LogP contribution in [0.25, 0.3) is 11.0 Å². The van der Waals surface area contributed by atoms with Crippen LogP contribution in [-0.4, -0.2) is 56.2 Å². The average Bonchev–Trinajstić information content (AvgIpc) is 3.45. The summed E-state index contributed by atoms with van der Waals surface area (Å²) in [5, 5.41) is 11.7. The van der Waals surface area contributed by atoms with E-state index < -0.39 is 10.0 Å². The molecule has 3 aromatic heterocycles. The SMILES string of the molecule is CC[C@@H]1CN(Cc2cc([C@H](CC(=O)Nc3cccnc3)c3ccc4c(nnn4CC)c3C)ccc2C)S(=O)(=O)c2cccnc2O1. The number of hydrogen-bond donors (Lipinski definition) is 1. The molecular weight excluding hydrogens is 602 g/mol. The molecule has 12 heteroatoms. The predicted octanol–water partition coefficient (Wildman–Crippen LogP) is 5.38. The lowest BCUT2D eigenvalue weighted by atomic mass is 9.84. The molecule has 46 heavy (non-hydrogen) atoms. The molecule has 0 bridgehead atoms. The van der Waals surface area contributed by atoms with E-state index >= 15 is 0 Å². The van der Waals surface area contributed by atoms with Crippen LogP contribution in [0.5, 0.6) is 5.88 Å². The van der Waals surface area contributed by atoms with Crippen molar-refractivity contribution < 1.29 is 17.9 Å². The molecule has 6 rings (SSSR count). The van der Waals surface area contributed by atoms with Gasteiger partial charge in [-0.15, -0.1) is 5.10 Å². The molecule has 1 amide bonds. The van der Waals surface area contributed by atoms with Crippen molar-refractivity contribution in [2.24, 2.45) is 0 Å². The first-order valence-electron chi connectivity index (χ1n) is 15.4. The fraction of sp³-hybridized carbons (Fsp3) is 0.324. The Morgan fingerprint density at radius 3 is 2.67 bits per heavy atom. The van der Waals surface area contributed by atoms with Gasteiger partial charge in [0, 0.05) is 37.8 Å². The minimum absolute atomic E-state index is 0.0637. The maximum Gasteiger partial charge on any atom is 0.248 e. The molecule has 0 spiro atoms. The number of anilines is 1. The van der Waals surface area contributed by atoms with E-state index in [1.54, 1.807) is 30.6 Å². The van der Waals surface area contributed by atoms with Crippen LogP contribution in [0.2, 0.25) is 0 Å². The van der Waals surface area contributed by atoms with E-state index in [2.05, 4.69) is 25.6 Å². The highest BCUT2D eigenvalue weighted by atomic mass is 32.2. The number of nitrogens with one attached hydrogen (secondary N) is 1. The Hall–Kier alpha value is -4.68. The van der Waals surface area contributed by atoms with Crippen molar-refractivity contribution in [2.45, 2.75) is 70.5 Å². The lowest BCUT2D eigenvalue weighted by molar-refractivity contribution is -0.116. The summed E-state index contributed by atoms with van der Waals surface area (Å²) < 4.78 is 37.1. The fourth-order valence-electron chi connectivity index (χ4n) is 5.99. The molecule has 0 saturated carbocycles. The van der Waals surface area contributed by atoms with Gasteiger partial charge in [0.2, 0.25) is 21.8 Å². The van der Waals surface area contributed by atoms with Gasteiger partial charge in [0.25, 0.3) is 0 Å². The molecule has 238 valence electrons. The molecular formula is C34H37N7O4S. The van der Waals surface area contributed by atoms with Crippen LogP contribution in [0.3, 0.4) is 0 Å². The van der Waals surface area contributed by atoms with Gasteiger partial charge in [-0.25, -0.2) is 18.1 Å². The number of amides is 1. The van der Waals surface area contributed by atoms with Crippen molar-refractivity contribution >= 4 is 32.7 Å². The normalized spacial score (nSPS) is 16.7. The number of nitrogens with zero attached hydrogens (tertiary/aromatic N) is 6. The topological polar surface area (TPSA) is 132 Å². The predicted molar refractivity (Wildman–Crippen MR) is 175 cm³/mol. The van der Waals surface area contributed by atoms with E-state index in [-0.39, 0.29) is 48.2 Å². The van der Waals surface area contributed by atoms with Crippen molar-refractivity contribution in [1.29, 1.82) is 0 Å². The zero-order valence-corrected chi connectivity index (χ0v) is 27.2. The van der Waals surface area contributed by atoms with E-state index in [4.69, 9.17) is 4.74 Å². The van der Waals surface area contributed by atoms with Gasteiger partial charge in [0.15, 0.2) is 0 Å². The molecule has 11 nitrogen and oxygen atoms in total. The summed E-state index contributed by atoms with van der Waals surface area (Å²) in [6, 6.07) is 16.8. The van der Waals surface area contributed by atoms with Crippen LogP contribution in [-0.2, 0) is 27.9 Å². The first-order valence-corrected chi connectivity index (χ1v) is 16.9. The van der Waals surface area contributed by atoms with Gasteiger partial charge in [-0.3, -0.25) is 9.78 Å². The minimum Gasteiger partial charge on any atom is -0.472 e. The zero-order valence-electron chi connectivity index (χ0n) is 26.3. The second-order valence-corrected chi connectivity index (χ2v) is 13.4. The molecule has 2 aromatic carbocycles. The Labute approximate surface area is 268 Å². The van der Waals surface area contributed by atoms with Gasteiger partial charge in [-0.2, -0.15) is 4.31 Å². The summed E-state index contributed by atoms with van der Waals surface area (Å²) in [5.41, 5.74) is 6.91. The number of rotatable bonds is 9. The molecule has 5 aromatic rings. The molecule has 1 aliphatic rings. The quantitative estimate of drug-likeness (QED) is 0.227. The van der Waals surface area contributed by atoms with E-state index in [1.807, 2.05) is 62.7 Å². The van der Waals surface area contributed by atoms with Crippen molar-refractivity contribution in [3.05, 3.63) is 101 Å². The molecule has 2 atom stereocenters. The van der Waals surface area contributed by atoms with Crippen LogP contribution < -0.4 is 10.1 Å². The number of aryl methyl sites for hydroxylation is 3. The standard InChI is InChI=1S/C34H37N7O4S/c1-5-27-21-40(46(43,44)31-10-8-16-36-34(31)45-27)20-25-17-24(12-11-22(25)3)29(18-32(42)37-26-9-7-15-35-19-26)28-13-14-30-33(23(28)4)38-39-41(30)6-2/h7-17,19,27,29H,5-6,18,20-21H2,1-4H3,(H,37,42)/t27-,29+/m1/s1. The molecule has 4 heterocycles. The van der Waals surface area contributed by atoms with Crippen molar-refractivity contribution in [1.82, 2.24) is 29.3 Å². The van der Waals surface area contributed by atoms with Crippen LogP contribution in [0.1, 0.15) is 60.4 Å². The number of carbonyl (C=O) groups is 1. The molecule has 1 aliphatic heterocycles. The van der Waals surface area contributed by atoms with E-state index in [9.17, 15) is 13.2 Å². The van der Waals surface area contributed by atoms with Crippen molar-refractivity contribution in [2.75, 3.05) is 11.9 Å². The number of hydrogen-bond acceptors (Lipinski definition) is 8. The van der Waals surface area contributed by atoms with Crippen LogP contribution >= 0.6 is 0 Å². The van der Waals surface area contributed by atoms with E-state index in [1.165, 1.54) is 16.6 Å². The molecule has 1 N–H and O–H groups in total. The summed E-state index contributed by atoms with van der Waals surface area (Å²) in [7, 11) is -3.89. The third-order valence-electron chi connectivity index (χ3n) is 8.61. The Bertz CT molecular complexity index is 2000. The Morgan fingerprint density at radius 1 is 1.09 bits per heavy atom. The highest BCUT2D eigenvalue weighted by molar-refractivity contribution is 7.89. The van der Waals surface area contributed by atoms with Crippen LogP contribution in [0.15, 0.2) is 78.1 Å². The largest absolute Gasteiger partial charge is 0.472 e. The Balaban J connectivity index is 1.40. The lowest BCUT2D eigenvalue weighted by Gasteiger charge is -2.25.